The van der Waals surface area contributed by atoms with E-state index in [-0.39, 0.29) is 0 Å². The van der Waals surface area contributed by atoms with Crippen LogP contribution in [0, 0.1) is 20.8 Å². The maximum absolute atomic E-state index is 5.86. The van der Waals surface area contributed by atoms with E-state index in [0.717, 1.165) is 30.2 Å². The molecule has 0 aliphatic carbocycles. The van der Waals surface area contributed by atoms with E-state index < -0.39 is 0 Å². The second-order valence-corrected chi connectivity index (χ2v) is 4.89. The minimum absolute atomic E-state index is 0.697. The van der Waals surface area contributed by atoms with Crippen LogP contribution in [-0.2, 0) is 0 Å². The Bertz CT molecular complexity index is 549. The van der Waals surface area contributed by atoms with Gasteiger partial charge in [-0.15, -0.1) is 0 Å². The number of nitrogens with zero attached hydrogens (tertiary/aromatic N) is 2. The van der Waals surface area contributed by atoms with Crippen LogP contribution in [0.1, 0.15) is 23.2 Å². The molecule has 20 heavy (non-hydrogen) atoms. The Morgan fingerprint density at radius 2 is 1.85 bits per heavy atom. The first-order valence-corrected chi connectivity index (χ1v) is 6.88. The van der Waals surface area contributed by atoms with Crippen LogP contribution < -0.4 is 10.1 Å². The average molecular weight is 271 g/mol. The topological polar surface area (TPSA) is 47.0 Å². The summed E-state index contributed by atoms with van der Waals surface area (Å²) >= 11 is 0. The third-order valence-electron chi connectivity index (χ3n) is 3.09. The first kappa shape index (κ1) is 14.3. The Morgan fingerprint density at radius 1 is 1.10 bits per heavy atom. The molecular weight excluding hydrogens is 250 g/mol. The molecule has 0 spiro atoms. The van der Waals surface area contributed by atoms with Gasteiger partial charge in [-0.2, -0.15) is 0 Å². The molecule has 0 unspecified atom stereocenters. The quantitative estimate of drug-likeness (QED) is 0.819. The summed E-state index contributed by atoms with van der Waals surface area (Å²) in [6, 6.07) is 8.14. The van der Waals surface area contributed by atoms with Gasteiger partial charge in [-0.3, -0.25) is 0 Å². The van der Waals surface area contributed by atoms with Crippen LogP contribution in [0.25, 0.3) is 0 Å². The van der Waals surface area contributed by atoms with Crippen LogP contribution in [0.15, 0.2) is 30.6 Å². The molecule has 0 radical (unpaired) electrons. The number of aromatic nitrogens is 2. The van der Waals surface area contributed by atoms with Gasteiger partial charge in [0.2, 0.25) is 0 Å². The van der Waals surface area contributed by atoms with Gasteiger partial charge in [0.05, 0.1) is 6.61 Å². The van der Waals surface area contributed by atoms with Crippen molar-refractivity contribution < 1.29 is 4.74 Å². The Kier molecular flexibility index (Phi) is 4.93. The van der Waals surface area contributed by atoms with E-state index >= 15 is 0 Å². The van der Waals surface area contributed by atoms with Crippen molar-refractivity contribution in [2.24, 2.45) is 0 Å². The van der Waals surface area contributed by atoms with E-state index in [1.54, 1.807) is 6.33 Å². The van der Waals surface area contributed by atoms with Crippen LogP contribution in [0.2, 0.25) is 0 Å². The number of hydrogen-bond donors (Lipinski definition) is 1. The maximum atomic E-state index is 5.86. The first-order chi connectivity index (χ1) is 9.66. The highest BCUT2D eigenvalue weighted by Gasteiger charge is 2.02. The molecule has 0 amide bonds. The molecule has 0 aliphatic heterocycles. The van der Waals surface area contributed by atoms with Gasteiger partial charge in [-0.1, -0.05) is 18.2 Å². The van der Waals surface area contributed by atoms with Crippen molar-refractivity contribution >= 4 is 5.82 Å². The van der Waals surface area contributed by atoms with Crippen molar-refractivity contribution in [2.75, 3.05) is 18.5 Å². The predicted octanol–water partition coefficient (Wildman–Crippen LogP) is 3.28. The fraction of sp³-hybridized carbons (Fsp3) is 0.375. The number of ether oxygens (including phenoxy) is 1. The highest BCUT2D eigenvalue weighted by molar-refractivity contribution is 5.39. The molecule has 0 bridgehead atoms. The molecule has 2 rings (SSSR count). The number of para-hydroxylation sites is 1. The van der Waals surface area contributed by atoms with Crippen molar-refractivity contribution in [2.45, 2.75) is 27.2 Å². The van der Waals surface area contributed by atoms with Gasteiger partial charge in [0.25, 0.3) is 0 Å². The Morgan fingerprint density at radius 3 is 2.55 bits per heavy atom. The number of hydrogen-bond acceptors (Lipinski definition) is 4. The Balaban J connectivity index is 1.74. The molecule has 1 heterocycles. The summed E-state index contributed by atoms with van der Waals surface area (Å²) in [5, 5.41) is 3.27. The molecule has 4 heteroatoms. The monoisotopic (exact) mass is 271 g/mol. The third kappa shape index (κ3) is 3.95. The third-order valence-corrected chi connectivity index (χ3v) is 3.09. The van der Waals surface area contributed by atoms with Crippen molar-refractivity contribution in [3.8, 4) is 5.75 Å². The summed E-state index contributed by atoms with van der Waals surface area (Å²) in [6.45, 7) is 7.63. The van der Waals surface area contributed by atoms with Crippen LogP contribution >= 0.6 is 0 Å². The van der Waals surface area contributed by atoms with Crippen LogP contribution in [-0.4, -0.2) is 23.1 Å². The number of rotatable bonds is 6. The van der Waals surface area contributed by atoms with Gasteiger partial charge in [-0.05, 0) is 38.3 Å². The number of nitrogens with one attached hydrogen (secondary N) is 1. The molecule has 1 N–H and O–H groups in total. The molecule has 106 valence electrons. The molecule has 0 atom stereocenters. The Hall–Kier alpha value is -2.10. The second kappa shape index (κ2) is 6.89. The standard InChI is InChI=1S/C16H21N3O/c1-12-6-4-7-13(2)16(12)20-9-5-8-17-15-10-14(3)18-11-19-15/h4,6-7,10-11H,5,8-9H2,1-3H3,(H,17,18,19). The van der Waals surface area contributed by atoms with Gasteiger partial charge in [0.15, 0.2) is 0 Å². The fourth-order valence-electron chi connectivity index (χ4n) is 2.04. The molecule has 0 fully saturated rings. The zero-order valence-electron chi connectivity index (χ0n) is 12.3. The number of aryl methyl sites for hydroxylation is 3. The van der Waals surface area contributed by atoms with Gasteiger partial charge in [0.1, 0.15) is 17.9 Å². The molecule has 1 aromatic heterocycles. The SMILES string of the molecule is Cc1cc(NCCCOc2c(C)cccc2C)ncn1. The molecule has 4 nitrogen and oxygen atoms in total. The van der Waals surface area contributed by atoms with Crippen LogP contribution in [0.4, 0.5) is 5.82 Å². The molecular formula is C16H21N3O. The second-order valence-electron chi connectivity index (χ2n) is 4.89. The summed E-state index contributed by atoms with van der Waals surface area (Å²) < 4.78 is 5.86. The predicted molar refractivity (Wildman–Crippen MR) is 81.3 cm³/mol. The van der Waals surface area contributed by atoms with E-state index in [2.05, 4.69) is 47.3 Å². The summed E-state index contributed by atoms with van der Waals surface area (Å²) in [6.07, 6.45) is 2.50. The average Bonchev–Trinajstić information content (AvgIpc) is 2.41. The van der Waals surface area contributed by atoms with Gasteiger partial charge >= 0.3 is 0 Å². The van der Waals surface area contributed by atoms with Gasteiger partial charge in [-0.25, -0.2) is 9.97 Å². The lowest BCUT2D eigenvalue weighted by atomic mass is 10.1. The first-order valence-electron chi connectivity index (χ1n) is 6.88. The number of benzene rings is 1. The van der Waals surface area contributed by atoms with Crippen LogP contribution in [0.5, 0.6) is 5.75 Å². The van der Waals surface area contributed by atoms with Crippen LogP contribution in [0.3, 0.4) is 0 Å². The Labute approximate surface area is 120 Å². The smallest absolute Gasteiger partial charge is 0.129 e. The zero-order chi connectivity index (χ0) is 14.4. The van der Waals surface area contributed by atoms with E-state index in [1.165, 1.54) is 11.1 Å². The fourth-order valence-corrected chi connectivity index (χ4v) is 2.04. The van der Waals surface area contributed by atoms with E-state index in [9.17, 15) is 0 Å². The zero-order valence-corrected chi connectivity index (χ0v) is 12.3. The molecule has 1 aromatic carbocycles. The lowest BCUT2D eigenvalue weighted by Gasteiger charge is -2.12. The highest BCUT2D eigenvalue weighted by atomic mass is 16.5. The minimum atomic E-state index is 0.697. The van der Waals surface area contributed by atoms with E-state index in [1.807, 2.05) is 13.0 Å². The molecule has 0 aliphatic rings. The largest absolute Gasteiger partial charge is 0.493 e. The molecule has 0 saturated carbocycles. The van der Waals surface area contributed by atoms with Crippen molar-refractivity contribution in [3.63, 3.8) is 0 Å². The summed E-state index contributed by atoms with van der Waals surface area (Å²) in [4.78, 5) is 8.23. The number of anilines is 1. The van der Waals surface area contributed by atoms with Crippen molar-refractivity contribution in [1.29, 1.82) is 0 Å². The lowest BCUT2D eigenvalue weighted by molar-refractivity contribution is 0.311. The minimum Gasteiger partial charge on any atom is -0.493 e. The normalized spacial score (nSPS) is 10.3. The van der Waals surface area contributed by atoms with E-state index in [4.69, 9.17) is 4.74 Å². The van der Waals surface area contributed by atoms with Crippen molar-refractivity contribution in [1.82, 2.24) is 9.97 Å². The summed E-state index contributed by atoms with van der Waals surface area (Å²) in [7, 11) is 0. The summed E-state index contributed by atoms with van der Waals surface area (Å²) in [5.74, 6) is 1.87. The molecule has 0 saturated heterocycles. The maximum Gasteiger partial charge on any atom is 0.129 e. The summed E-state index contributed by atoms with van der Waals surface area (Å²) in [5.41, 5.74) is 3.34. The molecule has 2 aromatic rings. The van der Waals surface area contributed by atoms with Crippen molar-refractivity contribution in [3.05, 3.63) is 47.4 Å². The van der Waals surface area contributed by atoms with Gasteiger partial charge < -0.3 is 10.1 Å². The van der Waals surface area contributed by atoms with E-state index in [0.29, 0.717) is 6.61 Å². The lowest BCUT2D eigenvalue weighted by Crippen LogP contribution is -2.09. The highest BCUT2D eigenvalue weighted by Crippen LogP contribution is 2.22. The van der Waals surface area contributed by atoms with Gasteiger partial charge in [0, 0.05) is 18.3 Å².